The van der Waals surface area contributed by atoms with Gasteiger partial charge in [0.1, 0.15) is 0 Å². The number of carbonyl (C=O) groups excluding carboxylic acids is 1. The summed E-state index contributed by atoms with van der Waals surface area (Å²) in [5.41, 5.74) is 8.59. The fourth-order valence-electron chi connectivity index (χ4n) is 3.06. The van der Waals surface area contributed by atoms with Gasteiger partial charge in [0, 0.05) is 10.6 Å². The first-order valence-electron chi connectivity index (χ1n) is 9.25. The molecule has 0 aliphatic heterocycles. The summed E-state index contributed by atoms with van der Waals surface area (Å²) in [5.74, 6) is 1.22. The number of nitrogens with one attached hydrogen (secondary N) is 1. The van der Waals surface area contributed by atoms with Crippen LogP contribution in [-0.2, 0) is 10.3 Å². The highest BCUT2D eigenvalue weighted by Crippen LogP contribution is 2.38. The van der Waals surface area contributed by atoms with Crippen LogP contribution < -0.4 is 11.1 Å². The maximum Gasteiger partial charge on any atom is 0.259 e. The number of aryl methyl sites for hydroxylation is 1. The second-order valence-corrected chi connectivity index (χ2v) is 8.15. The van der Waals surface area contributed by atoms with Crippen molar-refractivity contribution < 1.29 is 9.32 Å². The van der Waals surface area contributed by atoms with E-state index in [0.29, 0.717) is 11.7 Å². The van der Waals surface area contributed by atoms with Gasteiger partial charge in [-0.1, -0.05) is 35.0 Å². The van der Waals surface area contributed by atoms with Gasteiger partial charge in [0.15, 0.2) is 5.82 Å². The van der Waals surface area contributed by atoms with E-state index >= 15 is 0 Å². The summed E-state index contributed by atoms with van der Waals surface area (Å²) in [7, 11) is 0. The maximum atomic E-state index is 12.3. The van der Waals surface area contributed by atoms with Gasteiger partial charge in [-0.15, -0.1) is 11.8 Å². The average molecular weight is 395 g/mol. The lowest BCUT2D eigenvalue weighted by molar-refractivity contribution is -0.113. The zero-order chi connectivity index (χ0) is 19.6. The normalized spacial score (nSPS) is 15.1. The number of benzene rings is 2. The molecule has 144 valence electrons. The zero-order valence-electron chi connectivity index (χ0n) is 15.6. The van der Waals surface area contributed by atoms with Crippen LogP contribution in [0.25, 0.3) is 11.5 Å². The standard InChI is InChI=1S/C21H22N4O2S/c1-14-7-9-15(10-8-14)23-18(26)13-28-17-6-3-2-5-16(17)19-24-20(25-27-19)21(22)11-4-12-21/h2-3,5-10H,4,11-13,22H2,1H3,(H,23,26). The minimum absolute atomic E-state index is 0.0646. The Labute approximate surface area is 167 Å². The Kier molecular flexibility index (Phi) is 5.19. The van der Waals surface area contributed by atoms with Crippen LogP contribution in [-0.4, -0.2) is 21.8 Å². The molecule has 1 fully saturated rings. The fourth-order valence-corrected chi connectivity index (χ4v) is 3.91. The highest BCUT2D eigenvalue weighted by atomic mass is 32.2. The van der Waals surface area contributed by atoms with Gasteiger partial charge in [-0.2, -0.15) is 4.98 Å². The van der Waals surface area contributed by atoms with Gasteiger partial charge in [-0.3, -0.25) is 4.79 Å². The van der Waals surface area contributed by atoms with Crippen molar-refractivity contribution in [2.45, 2.75) is 36.6 Å². The van der Waals surface area contributed by atoms with Gasteiger partial charge in [0.25, 0.3) is 5.89 Å². The van der Waals surface area contributed by atoms with Gasteiger partial charge >= 0.3 is 0 Å². The summed E-state index contributed by atoms with van der Waals surface area (Å²) in [6.45, 7) is 2.01. The van der Waals surface area contributed by atoms with Gasteiger partial charge in [0.05, 0.1) is 16.9 Å². The molecule has 0 unspecified atom stereocenters. The summed E-state index contributed by atoms with van der Waals surface area (Å²) in [4.78, 5) is 17.7. The van der Waals surface area contributed by atoms with Crippen LogP contribution in [0.15, 0.2) is 57.9 Å². The molecule has 0 spiro atoms. The van der Waals surface area contributed by atoms with Crippen LogP contribution in [0.1, 0.15) is 30.7 Å². The molecular weight excluding hydrogens is 372 g/mol. The van der Waals surface area contributed by atoms with E-state index in [1.165, 1.54) is 11.8 Å². The molecule has 1 saturated carbocycles. The third-order valence-corrected chi connectivity index (χ3v) is 6.00. The highest BCUT2D eigenvalue weighted by Gasteiger charge is 2.39. The number of thioether (sulfide) groups is 1. The predicted molar refractivity (Wildman–Crippen MR) is 110 cm³/mol. The zero-order valence-corrected chi connectivity index (χ0v) is 16.5. The summed E-state index contributed by atoms with van der Waals surface area (Å²) < 4.78 is 5.47. The quantitative estimate of drug-likeness (QED) is 0.611. The molecule has 0 radical (unpaired) electrons. The number of anilines is 1. The van der Waals surface area contributed by atoms with Crippen LogP contribution in [0.3, 0.4) is 0 Å². The lowest BCUT2D eigenvalue weighted by atomic mass is 9.77. The second kappa shape index (κ2) is 7.77. The maximum absolute atomic E-state index is 12.3. The molecule has 0 atom stereocenters. The topological polar surface area (TPSA) is 94.0 Å². The van der Waals surface area contributed by atoms with E-state index in [4.69, 9.17) is 10.3 Å². The largest absolute Gasteiger partial charge is 0.334 e. The molecule has 3 N–H and O–H groups in total. The number of carbonyl (C=O) groups is 1. The Morgan fingerprint density at radius 3 is 2.68 bits per heavy atom. The first-order chi connectivity index (χ1) is 13.5. The molecule has 1 heterocycles. The summed E-state index contributed by atoms with van der Waals surface area (Å²) >= 11 is 1.44. The number of hydrogen-bond acceptors (Lipinski definition) is 6. The summed E-state index contributed by atoms with van der Waals surface area (Å²) in [6.07, 6.45) is 2.84. The van der Waals surface area contributed by atoms with Gasteiger partial charge in [0.2, 0.25) is 5.91 Å². The number of hydrogen-bond donors (Lipinski definition) is 2. The van der Waals surface area contributed by atoms with Gasteiger partial charge in [-0.05, 0) is 50.5 Å². The van der Waals surface area contributed by atoms with Crippen molar-refractivity contribution in [3.63, 3.8) is 0 Å². The van der Waals surface area contributed by atoms with E-state index in [-0.39, 0.29) is 11.7 Å². The van der Waals surface area contributed by atoms with Crippen LogP contribution in [0.5, 0.6) is 0 Å². The van der Waals surface area contributed by atoms with Gasteiger partial charge in [-0.25, -0.2) is 0 Å². The van der Waals surface area contributed by atoms with Crippen molar-refractivity contribution >= 4 is 23.4 Å². The average Bonchev–Trinajstić information content (AvgIpc) is 3.17. The molecule has 4 rings (SSSR count). The van der Waals surface area contributed by atoms with Crippen LogP contribution in [0.2, 0.25) is 0 Å². The summed E-state index contributed by atoms with van der Waals surface area (Å²) in [5, 5.41) is 7.00. The fraction of sp³-hybridized carbons (Fsp3) is 0.286. The Hall–Kier alpha value is -2.64. The molecular formula is C21H22N4O2S. The van der Waals surface area contributed by atoms with Crippen LogP contribution >= 0.6 is 11.8 Å². The van der Waals surface area contributed by atoms with Crippen molar-refractivity contribution in [1.82, 2.24) is 10.1 Å². The molecule has 6 nitrogen and oxygen atoms in total. The number of nitrogens with zero attached hydrogens (tertiary/aromatic N) is 2. The predicted octanol–water partition coefficient (Wildman–Crippen LogP) is 4.11. The highest BCUT2D eigenvalue weighted by molar-refractivity contribution is 8.00. The summed E-state index contributed by atoms with van der Waals surface area (Å²) in [6, 6.07) is 15.4. The first-order valence-corrected chi connectivity index (χ1v) is 10.2. The first kappa shape index (κ1) is 18.7. The van der Waals surface area contributed by atoms with E-state index in [0.717, 1.165) is 41.0 Å². The van der Waals surface area contributed by atoms with Crippen LogP contribution in [0.4, 0.5) is 5.69 Å². The van der Waals surface area contributed by atoms with Crippen LogP contribution in [0, 0.1) is 6.92 Å². The van der Waals surface area contributed by atoms with Gasteiger partial charge < -0.3 is 15.6 Å². The van der Waals surface area contributed by atoms with Crippen molar-refractivity contribution in [2.75, 3.05) is 11.1 Å². The van der Waals surface area contributed by atoms with E-state index in [1.54, 1.807) is 0 Å². The van der Waals surface area contributed by atoms with E-state index in [1.807, 2.05) is 55.5 Å². The third-order valence-electron chi connectivity index (χ3n) is 4.93. The lowest BCUT2D eigenvalue weighted by Gasteiger charge is -2.34. The molecule has 0 bridgehead atoms. The van der Waals surface area contributed by atoms with E-state index < -0.39 is 5.54 Å². The Bertz CT molecular complexity index is 980. The third kappa shape index (κ3) is 3.95. The Morgan fingerprint density at radius 1 is 1.21 bits per heavy atom. The molecule has 3 aromatic rings. The van der Waals surface area contributed by atoms with Crippen molar-refractivity contribution in [1.29, 1.82) is 0 Å². The van der Waals surface area contributed by atoms with Crippen molar-refractivity contribution in [2.24, 2.45) is 5.73 Å². The molecule has 7 heteroatoms. The van der Waals surface area contributed by atoms with Crippen molar-refractivity contribution in [3.05, 3.63) is 59.9 Å². The monoisotopic (exact) mass is 394 g/mol. The molecule has 1 aliphatic carbocycles. The number of amides is 1. The van der Waals surface area contributed by atoms with E-state index in [9.17, 15) is 4.79 Å². The molecule has 2 aromatic carbocycles. The molecule has 0 saturated heterocycles. The molecule has 1 aliphatic rings. The Balaban J connectivity index is 1.44. The Morgan fingerprint density at radius 2 is 1.96 bits per heavy atom. The molecule has 28 heavy (non-hydrogen) atoms. The minimum atomic E-state index is -0.461. The smallest absolute Gasteiger partial charge is 0.259 e. The number of rotatable bonds is 6. The van der Waals surface area contributed by atoms with Crippen molar-refractivity contribution in [3.8, 4) is 11.5 Å². The number of nitrogens with two attached hydrogens (primary N) is 1. The second-order valence-electron chi connectivity index (χ2n) is 7.13. The SMILES string of the molecule is Cc1ccc(NC(=O)CSc2ccccc2-c2nc(C3(N)CCC3)no2)cc1. The minimum Gasteiger partial charge on any atom is -0.334 e. The lowest BCUT2D eigenvalue weighted by Crippen LogP contribution is -2.44. The van der Waals surface area contributed by atoms with E-state index in [2.05, 4.69) is 15.5 Å². The molecule has 1 aromatic heterocycles. The molecule has 1 amide bonds. The number of aromatic nitrogens is 2.